The van der Waals surface area contributed by atoms with Gasteiger partial charge < -0.3 is 24.4 Å². The fourth-order valence-corrected chi connectivity index (χ4v) is 11.4. The average Bonchev–Trinajstić information content (AvgIpc) is 3.17. The van der Waals surface area contributed by atoms with E-state index in [-0.39, 0.29) is 30.1 Å². The Balaban J connectivity index is 1.54. The number of carbonyl (C=O) groups is 4. The molecule has 0 saturated carbocycles. The van der Waals surface area contributed by atoms with Crippen molar-refractivity contribution < 1.29 is 33.8 Å². The highest BCUT2D eigenvalue weighted by Crippen LogP contribution is 2.50. The number of aliphatic hydroxyl groups is 1. The van der Waals surface area contributed by atoms with Crippen molar-refractivity contribution in [2.75, 3.05) is 32.9 Å². The molecule has 0 unspecified atom stereocenters. The van der Waals surface area contributed by atoms with Crippen molar-refractivity contribution in [3.63, 3.8) is 0 Å². The van der Waals surface area contributed by atoms with Gasteiger partial charge in [-0.3, -0.25) is 14.4 Å². The van der Waals surface area contributed by atoms with E-state index in [9.17, 15) is 24.3 Å². The lowest BCUT2D eigenvalue weighted by molar-refractivity contribution is -0.157. The molecule has 2 saturated heterocycles. The van der Waals surface area contributed by atoms with Crippen molar-refractivity contribution in [1.82, 2.24) is 9.80 Å². The van der Waals surface area contributed by atoms with Gasteiger partial charge in [0.05, 0.1) is 31.3 Å². The second-order valence-corrected chi connectivity index (χ2v) is 15.9. The summed E-state index contributed by atoms with van der Waals surface area (Å²) in [4.78, 5) is 59.5. The number of nitrogens with zero attached hydrogens (tertiary/aromatic N) is 2. The van der Waals surface area contributed by atoms with E-state index in [1.165, 1.54) is 17.9 Å². The Morgan fingerprint density at radius 2 is 1.39 bits per heavy atom. The number of ether oxygens (including phenoxy) is 2. The molecule has 0 spiro atoms. The van der Waals surface area contributed by atoms with Crippen LogP contribution in [0.3, 0.4) is 0 Å². The normalized spacial score (nSPS) is 18.0. The zero-order valence-electron chi connectivity index (χ0n) is 28.5. The van der Waals surface area contributed by atoms with Crippen LogP contribution in [0.4, 0.5) is 0 Å². The average molecular weight is 705 g/mol. The molecule has 10 heteroatoms. The topological polar surface area (TPSA) is 113 Å². The summed E-state index contributed by atoms with van der Waals surface area (Å²) in [5.41, 5.74) is 0.784. The molecule has 3 atom stereocenters. The maximum Gasteiger partial charge on any atom is 0.356 e. The van der Waals surface area contributed by atoms with Gasteiger partial charge in [0, 0.05) is 37.5 Å². The zero-order valence-corrected chi connectivity index (χ0v) is 29.4. The minimum atomic E-state index is -3.21. The van der Waals surface area contributed by atoms with E-state index in [1.54, 1.807) is 29.2 Å². The molecule has 0 bridgehead atoms. The summed E-state index contributed by atoms with van der Waals surface area (Å²) < 4.78 is 11.2. The zero-order chi connectivity index (χ0) is 36.0. The van der Waals surface area contributed by atoms with Crippen LogP contribution in [0, 0.1) is 5.92 Å². The minimum absolute atomic E-state index is 0.101. The Bertz CT molecular complexity index is 1850. The summed E-state index contributed by atoms with van der Waals surface area (Å²) in [7, 11) is 0. The minimum Gasteiger partial charge on any atom is -0.457 e. The third-order valence-electron chi connectivity index (χ3n) is 9.40. The lowest BCUT2D eigenvalue weighted by Crippen LogP contribution is -2.68. The number of benzene rings is 4. The van der Waals surface area contributed by atoms with Crippen molar-refractivity contribution in [2.24, 2.45) is 5.92 Å². The van der Waals surface area contributed by atoms with Crippen LogP contribution in [0.5, 0.6) is 0 Å². The first-order valence-corrected chi connectivity index (χ1v) is 18.8. The molecule has 1 N–H and O–H groups in total. The van der Waals surface area contributed by atoms with Crippen LogP contribution < -0.4 is 15.9 Å². The van der Waals surface area contributed by atoms with Gasteiger partial charge in [0.15, 0.2) is 5.78 Å². The van der Waals surface area contributed by atoms with Crippen LogP contribution in [0.25, 0.3) is 0 Å². The van der Waals surface area contributed by atoms with Crippen LogP contribution in [-0.4, -0.2) is 88.9 Å². The SMILES string of the molecule is C=CCOC(=O)C(N1C(=O)[C@H]([C@@H](C)O)[C@H]1CC(=O)c1cccc(C(=O)N2CCOCC2)c1)=P(c1ccccc1)(c1ccccc1)c1ccccc1. The quantitative estimate of drug-likeness (QED) is 0.0786. The molecule has 2 aliphatic rings. The van der Waals surface area contributed by atoms with E-state index in [1.807, 2.05) is 91.0 Å². The highest BCUT2D eigenvalue weighted by Gasteiger charge is 2.55. The Hall–Kier alpha value is -5.08. The molecule has 2 fully saturated rings. The number of Topliss-reactive ketones (excluding diaryl/α,β-unsaturated/α-hetero) is 1. The van der Waals surface area contributed by atoms with Gasteiger partial charge >= 0.3 is 5.97 Å². The smallest absolute Gasteiger partial charge is 0.356 e. The van der Waals surface area contributed by atoms with Gasteiger partial charge in [0.1, 0.15) is 12.0 Å². The number of hydrogen-bond donors (Lipinski definition) is 1. The van der Waals surface area contributed by atoms with Crippen LogP contribution in [0.1, 0.15) is 34.1 Å². The number of carbonyl (C=O) groups excluding carboxylic acids is 4. The number of morpholine rings is 1. The molecule has 0 radical (unpaired) electrons. The van der Waals surface area contributed by atoms with Gasteiger partial charge in [-0.15, -0.1) is 0 Å². The van der Waals surface area contributed by atoms with Gasteiger partial charge in [0.25, 0.3) is 5.91 Å². The van der Waals surface area contributed by atoms with Gasteiger partial charge in [-0.2, -0.15) is 0 Å². The molecule has 2 heterocycles. The number of rotatable bonds is 12. The van der Waals surface area contributed by atoms with Gasteiger partial charge in [-0.25, -0.2) is 4.79 Å². The van der Waals surface area contributed by atoms with Crippen molar-refractivity contribution >= 4 is 51.8 Å². The van der Waals surface area contributed by atoms with Crippen molar-refractivity contribution in [2.45, 2.75) is 25.5 Å². The fraction of sp³-hybridized carbons (Fsp3) is 0.244. The molecule has 2 aliphatic heterocycles. The summed E-state index contributed by atoms with van der Waals surface area (Å²) >= 11 is 0. The maximum atomic E-state index is 14.6. The van der Waals surface area contributed by atoms with Crippen LogP contribution in [0.15, 0.2) is 128 Å². The van der Waals surface area contributed by atoms with Gasteiger partial charge in [-0.05, 0) is 35.0 Å². The lowest BCUT2D eigenvalue weighted by atomic mass is 9.79. The predicted molar refractivity (Wildman–Crippen MR) is 199 cm³/mol. The van der Waals surface area contributed by atoms with E-state index in [0.717, 1.165) is 15.9 Å². The molecule has 0 aromatic heterocycles. The molecule has 51 heavy (non-hydrogen) atoms. The van der Waals surface area contributed by atoms with E-state index in [2.05, 4.69) is 6.58 Å². The lowest BCUT2D eigenvalue weighted by Gasteiger charge is -2.50. The standard InChI is InChI=1S/C41H41N2O7P/c1-3-24-50-41(48)40(51(32-16-7-4-8-17-32,33-18-9-5-10-19-33)34-20-11-6-12-21-34)43-35(37(29(2)44)39(43)47)28-36(45)30-14-13-15-31(27-30)38(46)42-22-25-49-26-23-42/h3-21,27,29,35,37,44H,1,22-26,28H2,2H3/t29-,35-,37-/m1/s1. The largest absolute Gasteiger partial charge is 0.457 e. The molecule has 2 amide bonds. The number of amides is 2. The second kappa shape index (κ2) is 15.9. The first-order chi connectivity index (χ1) is 24.8. The fourth-order valence-electron chi connectivity index (χ4n) is 7.02. The summed E-state index contributed by atoms with van der Waals surface area (Å²) in [6.45, 7) is 3.75. The molecule has 9 nitrogen and oxygen atoms in total. The first kappa shape index (κ1) is 35.7. The van der Waals surface area contributed by atoms with E-state index in [0.29, 0.717) is 37.4 Å². The number of β-lactam (4-membered cyclic amide) rings is 1. The summed E-state index contributed by atoms with van der Waals surface area (Å²) in [5, 5.41) is 13.4. The molecule has 4 aromatic rings. The molecular weight excluding hydrogens is 663 g/mol. The first-order valence-electron chi connectivity index (χ1n) is 17.0. The van der Waals surface area contributed by atoms with Gasteiger partial charge in [0.2, 0.25) is 5.91 Å². The highest BCUT2D eigenvalue weighted by atomic mass is 31.2. The Morgan fingerprint density at radius 1 is 0.863 bits per heavy atom. The summed E-state index contributed by atoms with van der Waals surface area (Å²) in [5.74, 6) is -2.68. The number of ketones is 1. The Morgan fingerprint density at radius 3 is 1.90 bits per heavy atom. The van der Waals surface area contributed by atoms with Crippen molar-refractivity contribution in [3.8, 4) is 0 Å². The number of esters is 1. The summed E-state index contributed by atoms with van der Waals surface area (Å²) in [6.07, 6.45) is 0.156. The highest BCUT2D eigenvalue weighted by molar-refractivity contribution is 7.96. The number of likely N-dealkylation sites (tertiary alicyclic amines) is 1. The third kappa shape index (κ3) is 6.97. The molecule has 6 rings (SSSR count). The summed E-state index contributed by atoms with van der Waals surface area (Å²) in [6, 6.07) is 34.4. The second-order valence-electron chi connectivity index (χ2n) is 12.5. The molecular formula is C41H41N2O7P. The maximum absolute atomic E-state index is 14.6. The van der Waals surface area contributed by atoms with Crippen molar-refractivity contribution in [3.05, 3.63) is 139 Å². The Labute approximate surface area is 298 Å². The number of aliphatic hydroxyl groups excluding tert-OH is 1. The van der Waals surface area contributed by atoms with E-state index < -0.39 is 36.8 Å². The van der Waals surface area contributed by atoms with E-state index >= 15 is 0 Å². The van der Waals surface area contributed by atoms with Crippen molar-refractivity contribution in [1.29, 1.82) is 0 Å². The monoisotopic (exact) mass is 704 g/mol. The van der Waals surface area contributed by atoms with Crippen LogP contribution >= 0.6 is 6.89 Å². The third-order valence-corrected chi connectivity index (χ3v) is 13.7. The molecule has 262 valence electrons. The molecule has 4 aromatic carbocycles. The van der Waals surface area contributed by atoms with Gasteiger partial charge in [-0.1, -0.05) is 116 Å². The van der Waals surface area contributed by atoms with E-state index in [4.69, 9.17) is 9.47 Å². The molecule has 0 aliphatic carbocycles. The van der Waals surface area contributed by atoms with Crippen LogP contribution in [0.2, 0.25) is 0 Å². The van der Waals surface area contributed by atoms with Crippen LogP contribution in [-0.2, 0) is 19.1 Å². The number of hydrogen-bond acceptors (Lipinski definition) is 7. The predicted octanol–water partition coefficient (Wildman–Crippen LogP) is 3.79. The Kier molecular flexibility index (Phi) is 11.1.